The molecule has 0 N–H and O–H groups in total. The number of benzene rings is 1. The molecule has 0 fully saturated rings. The van der Waals surface area contributed by atoms with Gasteiger partial charge in [0.1, 0.15) is 18.9 Å². The Morgan fingerprint density at radius 3 is 2.82 bits per heavy atom. The second-order valence-corrected chi connectivity index (χ2v) is 9.44. The molecule has 1 aliphatic heterocycles. The lowest BCUT2D eigenvalue weighted by molar-refractivity contribution is -0.135. The Morgan fingerprint density at radius 2 is 2.09 bits per heavy atom. The molecule has 4 rings (SSSR count). The van der Waals surface area contributed by atoms with E-state index in [0.717, 1.165) is 29.7 Å². The molecule has 1 atom stereocenters. The molecule has 33 heavy (non-hydrogen) atoms. The van der Waals surface area contributed by atoms with Gasteiger partial charge in [0, 0.05) is 18.0 Å². The van der Waals surface area contributed by atoms with Gasteiger partial charge in [0.05, 0.1) is 12.3 Å². The highest BCUT2D eigenvalue weighted by molar-refractivity contribution is 7.10. The van der Waals surface area contributed by atoms with E-state index < -0.39 is 0 Å². The highest BCUT2D eigenvalue weighted by Crippen LogP contribution is 2.34. The van der Waals surface area contributed by atoms with E-state index in [1.54, 1.807) is 28.4 Å². The standard InChI is InChI=1S/C26H30N2O4S/c1-4-11-27(26(30)23-6-5-13-31-23)16-25(29)28-12-9-24-20(10-14-33-24)21(28)17-32-22-8-7-18(2)15-19(22)3/h5-8,10,13-15,21H,4,9,11-12,16-17H2,1-3H3. The van der Waals surface area contributed by atoms with Gasteiger partial charge < -0.3 is 19.0 Å². The van der Waals surface area contributed by atoms with E-state index in [2.05, 4.69) is 24.4 Å². The predicted molar refractivity (Wildman–Crippen MR) is 129 cm³/mol. The van der Waals surface area contributed by atoms with E-state index in [9.17, 15) is 9.59 Å². The lowest BCUT2D eigenvalue weighted by Crippen LogP contribution is -2.48. The monoisotopic (exact) mass is 466 g/mol. The van der Waals surface area contributed by atoms with Gasteiger partial charge in [0.15, 0.2) is 5.76 Å². The molecule has 174 valence electrons. The lowest BCUT2D eigenvalue weighted by atomic mass is 10.00. The summed E-state index contributed by atoms with van der Waals surface area (Å²) in [6, 6.07) is 11.3. The minimum absolute atomic E-state index is 0.0207. The molecule has 2 amide bonds. The third-order valence-corrected chi connectivity index (χ3v) is 6.98. The van der Waals surface area contributed by atoms with Gasteiger partial charge in [-0.25, -0.2) is 0 Å². The van der Waals surface area contributed by atoms with Crippen LogP contribution in [0.15, 0.2) is 52.5 Å². The number of carbonyl (C=O) groups excluding carboxylic acids is 2. The molecule has 6 nitrogen and oxygen atoms in total. The highest BCUT2D eigenvalue weighted by atomic mass is 32.1. The van der Waals surface area contributed by atoms with E-state index in [1.165, 1.54) is 16.7 Å². The zero-order valence-electron chi connectivity index (χ0n) is 19.4. The minimum atomic E-state index is -0.258. The summed E-state index contributed by atoms with van der Waals surface area (Å²) in [7, 11) is 0. The maximum Gasteiger partial charge on any atom is 0.290 e. The number of rotatable bonds is 8. The molecule has 0 saturated carbocycles. The van der Waals surface area contributed by atoms with Crippen molar-refractivity contribution in [2.24, 2.45) is 0 Å². The van der Waals surface area contributed by atoms with Crippen LogP contribution >= 0.6 is 11.3 Å². The molecule has 0 bridgehead atoms. The van der Waals surface area contributed by atoms with Gasteiger partial charge in [-0.15, -0.1) is 11.3 Å². The summed E-state index contributed by atoms with van der Waals surface area (Å²) >= 11 is 1.72. The van der Waals surface area contributed by atoms with E-state index >= 15 is 0 Å². The Hall–Kier alpha value is -3.06. The molecule has 7 heteroatoms. The first-order valence-corrected chi connectivity index (χ1v) is 12.2. The second-order valence-electron chi connectivity index (χ2n) is 8.44. The molecule has 0 aliphatic carbocycles. The molecule has 1 aromatic carbocycles. The molecular formula is C26H30N2O4S. The van der Waals surface area contributed by atoms with Crippen molar-refractivity contribution >= 4 is 23.2 Å². The van der Waals surface area contributed by atoms with Crippen LogP contribution in [-0.2, 0) is 11.2 Å². The maximum atomic E-state index is 13.5. The number of hydrogen-bond acceptors (Lipinski definition) is 5. The van der Waals surface area contributed by atoms with Gasteiger partial charge in [0.2, 0.25) is 5.91 Å². The van der Waals surface area contributed by atoms with Crippen LogP contribution in [0.1, 0.15) is 51.5 Å². The smallest absolute Gasteiger partial charge is 0.290 e. The van der Waals surface area contributed by atoms with Gasteiger partial charge >= 0.3 is 0 Å². The Labute approximate surface area is 198 Å². The largest absolute Gasteiger partial charge is 0.491 e. The second kappa shape index (κ2) is 10.3. The first-order chi connectivity index (χ1) is 16.0. The normalized spacial score (nSPS) is 15.2. The van der Waals surface area contributed by atoms with Crippen LogP contribution in [0, 0.1) is 13.8 Å². The van der Waals surface area contributed by atoms with Crippen molar-refractivity contribution in [1.82, 2.24) is 9.80 Å². The van der Waals surface area contributed by atoms with Crippen LogP contribution in [0.3, 0.4) is 0 Å². The fourth-order valence-corrected chi connectivity index (χ4v) is 5.27. The average molecular weight is 467 g/mol. The molecule has 1 unspecified atom stereocenters. The summed E-state index contributed by atoms with van der Waals surface area (Å²) in [5.74, 6) is 0.752. The fourth-order valence-electron chi connectivity index (χ4n) is 4.34. The van der Waals surface area contributed by atoms with Crippen molar-refractivity contribution in [3.05, 3.63) is 75.4 Å². The SMILES string of the molecule is CCCN(CC(=O)N1CCc2sccc2C1COc1ccc(C)cc1C)C(=O)c1ccco1. The Morgan fingerprint density at radius 1 is 1.24 bits per heavy atom. The number of furan rings is 1. The van der Waals surface area contributed by atoms with Crippen molar-refractivity contribution in [2.45, 2.75) is 39.7 Å². The molecule has 1 aliphatic rings. The third-order valence-electron chi connectivity index (χ3n) is 5.98. The number of nitrogens with zero attached hydrogens (tertiary/aromatic N) is 2. The van der Waals surface area contributed by atoms with Gasteiger partial charge in [-0.2, -0.15) is 0 Å². The van der Waals surface area contributed by atoms with Crippen LogP contribution < -0.4 is 4.74 Å². The Balaban J connectivity index is 1.52. The quantitative estimate of drug-likeness (QED) is 0.468. The summed E-state index contributed by atoms with van der Waals surface area (Å²) in [6.45, 7) is 7.58. The van der Waals surface area contributed by atoms with Gasteiger partial charge in [-0.3, -0.25) is 9.59 Å². The van der Waals surface area contributed by atoms with Crippen molar-refractivity contribution in [3.63, 3.8) is 0 Å². The van der Waals surface area contributed by atoms with Crippen molar-refractivity contribution < 1.29 is 18.7 Å². The first-order valence-electron chi connectivity index (χ1n) is 11.4. The number of amides is 2. The number of carbonyl (C=O) groups is 2. The topological polar surface area (TPSA) is 63.0 Å². The third kappa shape index (κ3) is 5.14. The first kappa shape index (κ1) is 23.1. The van der Waals surface area contributed by atoms with Gasteiger partial charge in [-0.05, 0) is 67.5 Å². The fraction of sp³-hybridized carbons (Fsp3) is 0.385. The highest BCUT2D eigenvalue weighted by Gasteiger charge is 2.34. The number of fused-ring (bicyclic) bond motifs is 1. The van der Waals surface area contributed by atoms with E-state index in [0.29, 0.717) is 19.7 Å². The molecule has 0 radical (unpaired) electrons. The lowest BCUT2D eigenvalue weighted by Gasteiger charge is -2.37. The Kier molecular flexibility index (Phi) is 7.18. The van der Waals surface area contributed by atoms with E-state index in [1.807, 2.05) is 30.9 Å². The number of ether oxygens (including phenoxy) is 1. The summed E-state index contributed by atoms with van der Waals surface area (Å²) in [5, 5.41) is 2.08. The van der Waals surface area contributed by atoms with Crippen LogP contribution in [-0.4, -0.2) is 47.9 Å². The zero-order chi connectivity index (χ0) is 23.4. The maximum absolute atomic E-state index is 13.5. The van der Waals surface area contributed by atoms with Gasteiger partial charge in [-0.1, -0.05) is 24.6 Å². The predicted octanol–water partition coefficient (Wildman–Crippen LogP) is 5.02. The zero-order valence-corrected chi connectivity index (χ0v) is 20.2. The van der Waals surface area contributed by atoms with Crippen LogP contribution in [0.2, 0.25) is 0 Å². The summed E-state index contributed by atoms with van der Waals surface area (Å²) in [4.78, 5) is 31.1. The molecule has 3 heterocycles. The Bertz CT molecular complexity index is 1110. The van der Waals surface area contributed by atoms with Crippen LogP contribution in [0.5, 0.6) is 5.75 Å². The van der Waals surface area contributed by atoms with Crippen LogP contribution in [0.25, 0.3) is 0 Å². The van der Waals surface area contributed by atoms with E-state index in [-0.39, 0.29) is 30.2 Å². The van der Waals surface area contributed by atoms with Crippen molar-refractivity contribution in [1.29, 1.82) is 0 Å². The van der Waals surface area contributed by atoms with E-state index in [4.69, 9.17) is 9.15 Å². The van der Waals surface area contributed by atoms with Gasteiger partial charge in [0.25, 0.3) is 5.91 Å². The molecule has 2 aromatic heterocycles. The number of aryl methyl sites for hydroxylation is 2. The van der Waals surface area contributed by atoms with Crippen molar-refractivity contribution in [3.8, 4) is 5.75 Å². The minimum Gasteiger partial charge on any atom is -0.491 e. The molecular weight excluding hydrogens is 436 g/mol. The number of hydrogen-bond donors (Lipinski definition) is 0. The van der Waals surface area contributed by atoms with Crippen molar-refractivity contribution in [2.75, 3.05) is 26.2 Å². The van der Waals surface area contributed by atoms with Crippen LogP contribution in [0.4, 0.5) is 0 Å². The molecule has 0 spiro atoms. The summed E-state index contributed by atoms with van der Waals surface area (Å²) in [6.07, 6.45) is 3.05. The summed E-state index contributed by atoms with van der Waals surface area (Å²) < 4.78 is 11.5. The molecule has 3 aromatic rings. The summed E-state index contributed by atoms with van der Waals surface area (Å²) in [5.41, 5.74) is 3.41. The molecule has 0 saturated heterocycles. The number of thiophene rings is 1. The average Bonchev–Trinajstić information content (AvgIpc) is 3.49.